The zero-order chi connectivity index (χ0) is 10.4. The van der Waals surface area contributed by atoms with Crippen LogP contribution in [0.3, 0.4) is 0 Å². The summed E-state index contributed by atoms with van der Waals surface area (Å²) in [6.45, 7) is 3.28. The number of anilines is 1. The Bertz CT molecular complexity index is 404. The molecule has 2 unspecified atom stereocenters. The van der Waals surface area contributed by atoms with Gasteiger partial charge in [0.2, 0.25) is 0 Å². The van der Waals surface area contributed by atoms with Gasteiger partial charge in [-0.05, 0) is 6.42 Å². The molecule has 0 aromatic carbocycles. The van der Waals surface area contributed by atoms with Gasteiger partial charge in [0, 0.05) is 18.8 Å². The Morgan fingerprint density at radius 3 is 3.13 bits per heavy atom. The quantitative estimate of drug-likeness (QED) is 0.711. The molecule has 4 nitrogen and oxygen atoms in total. The van der Waals surface area contributed by atoms with Crippen LogP contribution in [0.15, 0.2) is 5.38 Å². The van der Waals surface area contributed by atoms with Gasteiger partial charge < -0.3 is 9.64 Å². The highest BCUT2D eigenvalue weighted by Gasteiger charge is 2.40. The summed E-state index contributed by atoms with van der Waals surface area (Å²) in [6.07, 6.45) is 1.48. The van der Waals surface area contributed by atoms with Crippen LogP contribution in [-0.2, 0) is 4.74 Å². The van der Waals surface area contributed by atoms with E-state index in [0.29, 0.717) is 17.8 Å². The molecule has 3 heterocycles. The van der Waals surface area contributed by atoms with Crippen LogP contribution in [-0.4, -0.2) is 36.1 Å². The highest BCUT2D eigenvalue weighted by molar-refractivity contribution is 7.14. The predicted octanol–water partition coefficient (Wildman–Crippen LogP) is 1.32. The number of Topliss-reactive ketones (excluding diaryl/α,β-unsaturated/α-hetero) is 1. The fourth-order valence-electron chi connectivity index (χ4n) is 2.19. The molecule has 2 atom stereocenters. The monoisotopic (exact) mass is 224 g/mol. The Labute approximate surface area is 91.9 Å². The van der Waals surface area contributed by atoms with E-state index in [1.807, 2.05) is 5.38 Å². The molecule has 0 spiro atoms. The maximum absolute atomic E-state index is 11.1. The Morgan fingerprint density at radius 2 is 2.60 bits per heavy atom. The smallest absolute Gasteiger partial charge is 0.186 e. The number of hydrogen-bond donors (Lipinski definition) is 0. The van der Waals surface area contributed by atoms with Crippen molar-refractivity contribution in [2.24, 2.45) is 0 Å². The normalized spacial score (nSPS) is 28.7. The third-order valence-electron chi connectivity index (χ3n) is 3.00. The second kappa shape index (κ2) is 3.28. The van der Waals surface area contributed by atoms with Crippen molar-refractivity contribution >= 4 is 22.3 Å². The number of carbonyl (C=O) groups is 1. The first-order chi connectivity index (χ1) is 7.24. The fraction of sp³-hybridized carbons (Fsp3) is 0.600. The maximum atomic E-state index is 11.1. The molecule has 2 aliphatic heterocycles. The zero-order valence-electron chi connectivity index (χ0n) is 8.47. The summed E-state index contributed by atoms with van der Waals surface area (Å²) >= 11 is 1.55. The van der Waals surface area contributed by atoms with Crippen LogP contribution in [0.25, 0.3) is 0 Å². The van der Waals surface area contributed by atoms with Crippen molar-refractivity contribution in [2.75, 3.05) is 18.1 Å². The minimum Gasteiger partial charge on any atom is -0.374 e. The van der Waals surface area contributed by atoms with E-state index in [9.17, 15) is 4.79 Å². The van der Waals surface area contributed by atoms with Gasteiger partial charge in [0.05, 0.1) is 18.8 Å². The minimum atomic E-state index is 0.0399. The number of morpholine rings is 1. The second-order valence-corrected chi connectivity index (χ2v) is 4.91. The van der Waals surface area contributed by atoms with Gasteiger partial charge in [0.25, 0.3) is 0 Å². The molecule has 1 aromatic rings. The van der Waals surface area contributed by atoms with Gasteiger partial charge in [0.15, 0.2) is 10.9 Å². The number of carbonyl (C=O) groups excluding carboxylic acids is 1. The average molecular weight is 224 g/mol. The van der Waals surface area contributed by atoms with Crippen LogP contribution >= 0.6 is 11.3 Å². The van der Waals surface area contributed by atoms with Crippen LogP contribution in [0.2, 0.25) is 0 Å². The molecule has 2 aliphatic rings. The highest BCUT2D eigenvalue weighted by Crippen LogP contribution is 2.34. The summed E-state index contributed by atoms with van der Waals surface area (Å²) < 4.78 is 5.53. The third kappa shape index (κ3) is 1.46. The Morgan fingerprint density at radius 1 is 1.73 bits per heavy atom. The van der Waals surface area contributed by atoms with E-state index in [2.05, 4.69) is 9.88 Å². The third-order valence-corrected chi connectivity index (χ3v) is 3.88. The summed E-state index contributed by atoms with van der Waals surface area (Å²) in [5.41, 5.74) is 0.582. The Balaban J connectivity index is 1.84. The van der Waals surface area contributed by atoms with E-state index < -0.39 is 0 Å². The lowest BCUT2D eigenvalue weighted by atomic mass is 10.2. The Hall–Kier alpha value is -0.940. The van der Waals surface area contributed by atoms with Gasteiger partial charge in [-0.3, -0.25) is 4.79 Å². The number of hydrogen-bond acceptors (Lipinski definition) is 5. The number of nitrogens with zero attached hydrogens (tertiary/aromatic N) is 2. The first kappa shape index (κ1) is 9.30. The Kier molecular flexibility index (Phi) is 2.03. The molecule has 2 fully saturated rings. The van der Waals surface area contributed by atoms with Gasteiger partial charge in [0.1, 0.15) is 5.69 Å². The van der Waals surface area contributed by atoms with Crippen molar-refractivity contribution in [3.63, 3.8) is 0 Å². The summed E-state index contributed by atoms with van der Waals surface area (Å²) in [7, 11) is 0. The lowest BCUT2D eigenvalue weighted by Gasteiger charge is -2.25. The van der Waals surface area contributed by atoms with E-state index in [4.69, 9.17) is 4.74 Å². The van der Waals surface area contributed by atoms with Crippen LogP contribution in [0.5, 0.6) is 0 Å². The topological polar surface area (TPSA) is 42.4 Å². The van der Waals surface area contributed by atoms with Crippen molar-refractivity contribution in [1.82, 2.24) is 4.98 Å². The molecule has 0 radical (unpaired) electrons. The molecule has 2 bridgehead atoms. The number of ether oxygens (including phenoxy) is 1. The molecular weight excluding hydrogens is 212 g/mol. The van der Waals surface area contributed by atoms with Crippen molar-refractivity contribution in [3.05, 3.63) is 11.1 Å². The van der Waals surface area contributed by atoms with Gasteiger partial charge >= 0.3 is 0 Å². The summed E-state index contributed by atoms with van der Waals surface area (Å²) in [5, 5.41) is 2.81. The molecule has 3 rings (SSSR count). The fourth-order valence-corrected chi connectivity index (χ4v) is 3.14. The maximum Gasteiger partial charge on any atom is 0.186 e. The van der Waals surface area contributed by atoms with Crippen LogP contribution < -0.4 is 4.90 Å². The molecule has 2 saturated heterocycles. The standard InChI is InChI=1S/C10H12N2O2S/c1-6(13)9-5-15-10(11-9)12-3-8-2-7(12)4-14-8/h5,7-8H,2-4H2,1H3. The molecule has 80 valence electrons. The first-order valence-electron chi connectivity index (χ1n) is 5.09. The SMILES string of the molecule is CC(=O)c1csc(N2CC3CC2CO3)n1. The van der Waals surface area contributed by atoms with Gasteiger partial charge in [-0.25, -0.2) is 4.98 Å². The molecule has 15 heavy (non-hydrogen) atoms. The number of ketones is 1. The molecule has 1 aromatic heterocycles. The van der Waals surface area contributed by atoms with Gasteiger partial charge in [-0.15, -0.1) is 11.3 Å². The van der Waals surface area contributed by atoms with E-state index >= 15 is 0 Å². The zero-order valence-corrected chi connectivity index (χ0v) is 9.29. The van der Waals surface area contributed by atoms with Gasteiger partial charge in [-0.1, -0.05) is 0 Å². The lowest BCUT2D eigenvalue weighted by molar-refractivity contribution is 0.0990. The highest BCUT2D eigenvalue weighted by atomic mass is 32.1. The summed E-state index contributed by atoms with van der Waals surface area (Å²) in [6, 6.07) is 0.473. The van der Waals surface area contributed by atoms with Crippen molar-refractivity contribution in [1.29, 1.82) is 0 Å². The van der Waals surface area contributed by atoms with Crippen LogP contribution in [0, 0.1) is 0 Å². The molecule has 0 aliphatic carbocycles. The molecule has 0 saturated carbocycles. The second-order valence-electron chi connectivity index (χ2n) is 4.07. The predicted molar refractivity (Wildman–Crippen MR) is 57.6 cm³/mol. The van der Waals surface area contributed by atoms with Crippen molar-refractivity contribution < 1.29 is 9.53 Å². The van der Waals surface area contributed by atoms with Crippen LogP contribution in [0.1, 0.15) is 23.8 Å². The van der Waals surface area contributed by atoms with E-state index in [1.165, 1.54) is 0 Å². The summed E-state index contributed by atoms with van der Waals surface area (Å²) in [4.78, 5) is 17.8. The largest absolute Gasteiger partial charge is 0.374 e. The molecule has 0 N–H and O–H groups in total. The number of fused-ring (bicyclic) bond motifs is 2. The molecule has 0 amide bonds. The van der Waals surface area contributed by atoms with Crippen LogP contribution in [0.4, 0.5) is 5.13 Å². The number of rotatable bonds is 2. The number of aromatic nitrogens is 1. The first-order valence-corrected chi connectivity index (χ1v) is 5.96. The van der Waals surface area contributed by atoms with E-state index in [1.54, 1.807) is 18.3 Å². The van der Waals surface area contributed by atoms with Crippen molar-refractivity contribution in [2.45, 2.75) is 25.5 Å². The van der Waals surface area contributed by atoms with E-state index in [0.717, 1.165) is 24.7 Å². The van der Waals surface area contributed by atoms with E-state index in [-0.39, 0.29) is 5.78 Å². The average Bonchev–Trinajstić information content (AvgIpc) is 2.93. The minimum absolute atomic E-state index is 0.0399. The molecule has 5 heteroatoms. The lowest BCUT2D eigenvalue weighted by Crippen LogP contribution is -2.36. The summed E-state index contributed by atoms with van der Waals surface area (Å²) in [5.74, 6) is 0.0399. The molecular formula is C10H12N2O2S. The number of thiazole rings is 1. The van der Waals surface area contributed by atoms with Crippen molar-refractivity contribution in [3.8, 4) is 0 Å². The van der Waals surface area contributed by atoms with Gasteiger partial charge in [-0.2, -0.15) is 0 Å².